The summed E-state index contributed by atoms with van der Waals surface area (Å²) < 4.78 is 1.61. The van der Waals surface area contributed by atoms with Crippen molar-refractivity contribution in [1.82, 2.24) is 14.7 Å². The zero-order chi connectivity index (χ0) is 11.5. The molecule has 3 N–H and O–H groups in total. The van der Waals surface area contributed by atoms with Crippen LogP contribution in [0.25, 0.3) is 0 Å². The summed E-state index contributed by atoms with van der Waals surface area (Å²) >= 11 is 0. The van der Waals surface area contributed by atoms with Crippen LogP contribution in [0.4, 0.5) is 5.69 Å². The lowest BCUT2D eigenvalue weighted by molar-refractivity contribution is 0.0690. The van der Waals surface area contributed by atoms with E-state index in [1.165, 1.54) is 12.8 Å². The van der Waals surface area contributed by atoms with Gasteiger partial charge in [-0.3, -0.25) is 4.68 Å². The molecule has 1 aromatic rings. The number of nitrogens with two attached hydrogens (primary N) is 1. The Morgan fingerprint density at radius 3 is 2.69 bits per heavy atom. The van der Waals surface area contributed by atoms with Crippen LogP contribution in [0.3, 0.4) is 0 Å². The van der Waals surface area contributed by atoms with Gasteiger partial charge in [0.15, 0.2) is 5.69 Å². The van der Waals surface area contributed by atoms with Crippen molar-refractivity contribution in [2.45, 2.75) is 19.4 Å². The molecular formula is C10H16N4O2. The highest BCUT2D eigenvalue weighted by molar-refractivity contribution is 5.91. The maximum atomic E-state index is 10.7. The van der Waals surface area contributed by atoms with Gasteiger partial charge in [0.1, 0.15) is 0 Å². The van der Waals surface area contributed by atoms with E-state index >= 15 is 0 Å². The van der Waals surface area contributed by atoms with Gasteiger partial charge in [0, 0.05) is 12.7 Å². The van der Waals surface area contributed by atoms with Gasteiger partial charge in [-0.25, -0.2) is 4.79 Å². The van der Waals surface area contributed by atoms with Gasteiger partial charge in [0.2, 0.25) is 0 Å². The smallest absolute Gasteiger partial charge is 0.358 e. The minimum Gasteiger partial charge on any atom is -0.476 e. The summed E-state index contributed by atoms with van der Waals surface area (Å²) in [7, 11) is 0. The molecule has 0 unspecified atom stereocenters. The average Bonchev–Trinajstić information content (AvgIpc) is 2.83. The highest BCUT2D eigenvalue weighted by Gasteiger charge is 2.15. The lowest BCUT2D eigenvalue weighted by Gasteiger charge is -2.13. The number of carbonyl (C=O) groups is 1. The molecule has 6 heteroatoms. The molecule has 0 aromatic carbocycles. The number of nitrogen functional groups attached to an aromatic ring is 1. The number of rotatable bonds is 4. The predicted octanol–water partition coefficient (Wildman–Crippen LogP) is 0.259. The molecule has 2 rings (SSSR count). The minimum absolute atomic E-state index is 0.0542. The van der Waals surface area contributed by atoms with E-state index in [0.29, 0.717) is 6.54 Å². The van der Waals surface area contributed by atoms with E-state index in [-0.39, 0.29) is 11.4 Å². The minimum atomic E-state index is -1.07. The molecular weight excluding hydrogens is 208 g/mol. The fourth-order valence-corrected chi connectivity index (χ4v) is 1.97. The zero-order valence-corrected chi connectivity index (χ0v) is 9.09. The van der Waals surface area contributed by atoms with Crippen LogP contribution in [-0.4, -0.2) is 45.4 Å². The molecule has 1 aliphatic rings. The van der Waals surface area contributed by atoms with Gasteiger partial charge in [-0.15, -0.1) is 0 Å². The Labute approximate surface area is 93.6 Å². The van der Waals surface area contributed by atoms with Crippen molar-refractivity contribution in [3.63, 3.8) is 0 Å². The third kappa shape index (κ3) is 2.33. The average molecular weight is 224 g/mol. The van der Waals surface area contributed by atoms with Crippen molar-refractivity contribution in [2.75, 3.05) is 25.4 Å². The molecule has 1 aliphatic heterocycles. The van der Waals surface area contributed by atoms with Gasteiger partial charge in [0.25, 0.3) is 0 Å². The van der Waals surface area contributed by atoms with Crippen LogP contribution >= 0.6 is 0 Å². The molecule has 0 spiro atoms. The first-order chi connectivity index (χ1) is 7.66. The van der Waals surface area contributed by atoms with E-state index in [1.807, 2.05) is 0 Å². The fraction of sp³-hybridized carbons (Fsp3) is 0.600. The second-order valence-corrected chi connectivity index (χ2v) is 4.05. The Hall–Kier alpha value is -1.56. The van der Waals surface area contributed by atoms with Crippen LogP contribution < -0.4 is 5.73 Å². The molecule has 0 bridgehead atoms. The first-order valence-electron chi connectivity index (χ1n) is 5.45. The molecule has 2 heterocycles. The Morgan fingerprint density at radius 2 is 2.12 bits per heavy atom. The maximum absolute atomic E-state index is 10.7. The van der Waals surface area contributed by atoms with E-state index in [1.54, 1.807) is 10.9 Å². The second-order valence-electron chi connectivity index (χ2n) is 4.05. The molecule has 16 heavy (non-hydrogen) atoms. The van der Waals surface area contributed by atoms with Crippen LogP contribution in [-0.2, 0) is 6.54 Å². The summed E-state index contributed by atoms with van der Waals surface area (Å²) in [5, 5.41) is 12.7. The summed E-state index contributed by atoms with van der Waals surface area (Å²) in [5.41, 5.74) is 5.72. The van der Waals surface area contributed by atoms with Crippen molar-refractivity contribution in [1.29, 1.82) is 0 Å². The summed E-state index contributed by atoms with van der Waals surface area (Å²) in [6.07, 6.45) is 4.09. The van der Waals surface area contributed by atoms with Crippen LogP contribution in [0.1, 0.15) is 23.3 Å². The second kappa shape index (κ2) is 4.52. The quantitative estimate of drug-likeness (QED) is 0.766. The molecule has 1 aromatic heterocycles. The van der Waals surface area contributed by atoms with Crippen molar-refractivity contribution in [3.8, 4) is 0 Å². The van der Waals surface area contributed by atoms with Crippen LogP contribution in [0.15, 0.2) is 6.20 Å². The van der Waals surface area contributed by atoms with Crippen molar-refractivity contribution < 1.29 is 9.90 Å². The highest BCUT2D eigenvalue weighted by atomic mass is 16.4. The van der Waals surface area contributed by atoms with E-state index < -0.39 is 5.97 Å². The lowest BCUT2D eigenvalue weighted by atomic mass is 10.4. The van der Waals surface area contributed by atoms with Gasteiger partial charge in [-0.2, -0.15) is 5.10 Å². The van der Waals surface area contributed by atoms with Gasteiger partial charge >= 0.3 is 5.97 Å². The molecule has 0 atom stereocenters. The van der Waals surface area contributed by atoms with Crippen molar-refractivity contribution in [2.24, 2.45) is 0 Å². The van der Waals surface area contributed by atoms with Crippen LogP contribution in [0.5, 0.6) is 0 Å². The molecule has 6 nitrogen and oxygen atoms in total. The number of anilines is 1. The fourth-order valence-electron chi connectivity index (χ4n) is 1.97. The number of carboxylic acids is 1. The molecule has 88 valence electrons. The molecule has 0 saturated carbocycles. The SMILES string of the molecule is Nc1cn(CCN2CCCC2)nc1C(=O)O. The standard InChI is InChI=1S/C10H16N4O2/c11-8-7-14(12-9(8)10(15)16)6-5-13-3-1-2-4-13/h7H,1-6,11H2,(H,15,16). The predicted molar refractivity (Wildman–Crippen MR) is 59.3 cm³/mol. The Bertz CT molecular complexity index is 382. The van der Waals surface area contributed by atoms with E-state index in [4.69, 9.17) is 10.8 Å². The first-order valence-corrected chi connectivity index (χ1v) is 5.45. The number of likely N-dealkylation sites (tertiary alicyclic amines) is 1. The lowest BCUT2D eigenvalue weighted by Crippen LogP contribution is -2.24. The summed E-state index contributed by atoms with van der Waals surface area (Å²) in [5.74, 6) is -1.07. The monoisotopic (exact) mass is 224 g/mol. The number of hydrogen-bond acceptors (Lipinski definition) is 4. The molecule has 1 saturated heterocycles. The maximum Gasteiger partial charge on any atom is 0.358 e. The summed E-state index contributed by atoms with van der Waals surface area (Å²) in [6, 6.07) is 0. The van der Waals surface area contributed by atoms with Gasteiger partial charge < -0.3 is 15.7 Å². The van der Waals surface area contributed by atoms with E-state index in [2.05, 4.69) is 10.00 Å². The Morgan fingerprint density at radius 1 is 1.44 bits per heavy atom. The van der Waals surface area contributed by atoms with Gasteiger partial charge in [0.05, 0.1) is 12.2 Å². The van der Waals surface area contributed by atoms with Crippen molar-refractivity contribution in [3.05, 3.63) is 11.9 Å². The van der Waals surface area contributed by atoms with Gasteiger partial charge in [-0.1, -0.05) is 0 Å². The number of hydrogen-bond donors (Lipinski definition) is 2. The first kappa shape index (κ1) is 10.9. The van der Waals surface area contributed by atoms with Gasteiger partial charge in [-0.05, 0) is 25.9 Å². The summed E-state index contributed by atoms with van der Waals surface area (Å²) in [4.78, 5) is 13.1. The normalized spacial score (nSPS) is 16.8. The molecule has 1 fully saturated rings. The van der Waals surface area contributed by atoms with E-state index in [0.717, 1.165) is 19.6 Å². The Balaban J connectivity index is 1.94. The number of aromatic nitrogens is 2. The molecule has 0 radical (unpaired) electrons. The van der Waals surface area contributed by atoms with Crippen LogP contribution in [0, 0.1) is 0 Å². The van der Waals surface area contributed by atoms with E-state index in [9.17, 15) is 4.79 Å². The number of aromatic carboxylic acids is 1. The molecule has 0 amide bonds. The third-order valence-corrected chi connectivity index (χ3v) is 2.84. The number of carboxylic acid groups (broad SMARTS) is 1. The zero-order valence-electron chi connectivity index (χ0n) is 9.09. The molecule has 0 aliphatic carbocycles. The third-order valence-electron chi connectivity index (χ3n) is 2.84. The number of nitrogens with zero attached hydrogens (tertiary/aromatic N) is 3. The van der Waals surface area contributed by atoms with Crippen molar-refractivity contribution >= 4 is 11.7 Å². The topological polar surface area (TPSA) is 84.4 Å². The largest absolute Gasteiger partial charge is 0.476 e. The van der Waals surface area contributed by atoms with Crippen LogP contribution in [0.2, 0.25) is 0 Å². The Kier molecular flexibility index (Phi) is 3.09. The summed E-state index contributed by atoms with van der Waals surface area (Å²) in [6.45, 7) is 3.85. The highest BCUT2D eigenvalue weighted by Crippen LogP contribution is 2.10.